The molecule has 0 aliphatic carbocycles. The van der Waals surface area contributed by atoms with Gasteiger partial charge in [0.1, 0.15) is 0 Å². The van der Waals surface area contributed by atoms with Crippen LogP contribution in [0.25, 0.3) is 0 Å². The predicted molar refractivity (Wildman–Crippen MR) is 70.1 cm³/mol. The average molecular weight is 214 g/mol. The second-order valence-electron chi connectivity index (χ2n) is 4.94. The van der Waals surface area contributed by atoms with Crippen LogP contribution in [-0.4, -0.2) is 30.7 Å². The van der Waals surface area contributed by atoms with E-state index in [-0.39, 0.29) is 0 Å². The molecular weight excluding hydrogens is 182 g/mol. The minimum atomic E-state index is 1.34. The molecule has 0 aromatic heterocycles. The monoisotopic (exact) mass is 214 g/mol. The summed E-state index contributed by atoms with van der Waals surface area (Å²) >= 11 is 0. The zero-order chi connectivity index (χ0) is 11.6. The molecule has 0 fully saturated rings. The molecule has 1 heteroatoms. The Hall–Kier alpha value is -0.0400. The molecule has 0 saturated carbocycles. The normalized spacial score (nSPS) is 12.0. The quantitative estimate of drug-likeness (QED) is 0.377. The second kappa shape index (κ2) is 9.21. The van der Waals surface area contributed by atoms with E-state index in [1.807, 2.05) is 0 Å². The number of quaternary nitrogens is 1. The van der Waals surface area contributed by atoms with Crippen molar-refractivity contribution in [2.24, 2.45) is 0 Å². The van der Waals surface area contributed by atoms with Gasteiger partial charge in [0.05, 0.1) is 26.2 Å². The van der Waals surface area contributed by atoms with E-state index in [0.29, 0.717) is 0 Å². The number of hydrogen-bond acceptors (Lipinski definition) is 0. The van der Waals surface area contributed by atoms with Gasteiger partial charge in [-0.25, -0.2) is 0 Å². The zero-order valence-corrected chi connectivity index (χ0v) is 11.5. The van der Waals surface area contributed by atoms with Crippen LogP contribution in [0.5, 0.6) is 0 Å². The Morgan fingerprint density at radius 3 is 1.33 bits per heavy atom. The molecule has 0 aromatic carbocycles. The van der Waals surface area contributed by atoms with Gasteiger partial charge in [-0.1, -0.05) is 34.1 Å². The van der Waals surface area contributed by atoms with Gasteiger partial charge in [-0.3, -0.25) is 0 Å². The molecule has 0 unspecified atom stereocenters. The zero-order valence-electron chi connectivity index (χ0n) is 11.5. The third kappa shape index (κ3) is 6.19. The Kier molecular flexibility index (Phi) is 9.18. The van der Waals surface area contributed by atoms with Gasteiger partial charge in [-0.2, -0.15) is 0 Å². The standard InChI is InChI=1S/C14H32N/c1-5-9-10-14-15(11-6-2,12-7-3)13-8-4/h5-14H2,1-4H3/q+1. The highest BCUT2D eigenvalue weighted by atomic mass is 15.3. The first-order valence-corrected chi connectivity index (χ1v) is 7.09. The molecule has 0 bridgehead atoms. The van der Waals surface area contributed by atoms with E-state index in [4.69, 9.17) is 0 Å². The maximum absolute atomic E-state index is 2.33. The van der Waals surface area contributed by atoms with Gasteiger partial charge in [-0.05, 0) is 32.1 Å². The molecule has 0 saturated heterocycles. The van der Waals surface area contributed by atoms with Crippen molar-refractivity contribution in [3.63, 3.8) is 0 Å². The van der Waals surface area contributed by atoms with Gasteiger partial charge in [0.25, 0.3) is 0 Å². The van der Waals surface area contributed by atoms with Gasteiger partial charge >= 0.3 is 0 Å². The Labute approximate surface area is 97.5 Å². The molecule has 0 rings (SSSR count). The Balaban J connectivity index is 4.18. The molecule has 0 aliphatic rings. The molecule has 0 N–H and O–H groups in total. The van der Waals surface area contributed by atoms with Crippen molar-refractivity contribution < 1.29 is 4.48 Å². The summed E-state index contributed by atoms with van der Waals surface area (Å²) in [4.78, 5) is 0. The van der Waals surface area contributed by atoms with Crippen molar-refractivity contribution >= 4 is 0 Å². The van der Waals surface area contributed by atoms with E-state index in [1.165, 1.54) is 69.2 Å². The molecular formula is C14H32N+. The van der Waals surface area contributed by atoms with E-state index in [9.17, 15) is 0 Å². The highest BCUT2D eigenvalue weighted by Gasteiger charge is 2.23. The van der Waals surface area contributed by atoms with E-state index in [0.717, 1.165) is 0 Å². The molecule has 0 spiro atoms. The first kappa shape index (κ1) is 15.0. The summed E-state index contributed by atoms with van der Waals surface area (Å²) in [5.74, 6) is 0. The fourth-order valence-corrected chi connectivity index (χ4v) is 2.79. The maximum atomic E-state index is 2.33. The summed E-state index contributed by atoms with van der Waals surface area (Å²) < 4.78 is 1.39. The van der Waals surface area contributed by atoms with Crippen LogP contribution in [0.15, 0.2) is 0 Å². The lowest BCUT2D eigenvalue weighted by Crippen LogP contribution is -2.50. The van der Waals surface area contributed by atoms with Gasteiger partial charge in [0.2, 0.25) is 0 Å². The first-order chi connectivity index (χ1) is 7.24. The predicted octanol–water partition coefficient (Wildman–Crippen LogP) is 4.22. The summed E-state index contributed by atoms with van der Waals surface area (Å²) in [5, 5.41) is 0. The molecule has 15 heavy (non-hydrogen) atoms. The van der Waals surface area contributed by atoms with E-state index in [2.05, 4.69) is 27.7 Å². The van der Waals surface area contributed by atoms with Crippen LogP contribution in [0.2, 0.25) is 0 Å². The van der Waals surface area contributed by atoms with Crippen molar-refractivity contribution in [3.05, 3.63) is 0 Å². The Morgan fingerprint density at radius 1 is 0.533 bits per heavy atom. The van der Waals surface area contributed by atoms with Crippen molar-refractivity contribution in [1.29, 1.82) is 0 Å². The third-order valence-corrected chi connectivity index (χ3v) is 3.33. The maximum Gasteiger partial charge on any atom is 0.0786 e. The number of rotatable bonds is 10. The van der Waals surface area contributed by atoms with Crippen molar-refractivity contribution in [2.45, 2.75) is 66.2 Å². The van der Waals surface area contributed by atoms with Crippen LogP contribution in [0.1, 0.15) is 66.2 Å². The van der Waals surface area contributed by atoms with Crippen LogP contribution >= 0.6 is 0 Å². The highest BCUT2D eigenvalue weighted by Crippen LogP contribution is 2.14. The largest absolute Gasteiger partial charge is 0.324 e. The lowest BCUT2D eigenvalue weighted by Gasteiger charge is -2.38. The van der Waals surface area contributed by atoms with Crippen molar-refractivity contribution in [3.8, 4) is 0 Å². The lowest BCUT2D eigenvalue weighted by molar-refractivity contribution is -0.928. The summed E-state index contributed by atoms with van der Waals surface area (Å²) in [6.07, 6.45) is 8.21. The summed E-state index contributed by atoms with van der Waals surface area (Å²) in [6, 6.07) is 0. The third-order valence-electron chi connectivity index (χ3n) is 3.33. The van der Waals surface area contributed by atoms with Gasteiger partial charge < -0.3 is 4.48 Å². The number of unbranched alkanes of at least 4 members (excludes halogenated alkanes) is 2. The fourth-order valence-electron chi connectivity index (χ4n) is 2.79. The average Bonchev–Trinajstić information content (AvgIpc) is 2.19. The number of nitrogens with zero attached hydrogens (tertiary/aromatic N) is 1. The molecule has 0 aliphatic heterocycles. The van der Waals surface area contributed by atoms with Crippen LogP contribution in [-0.2, 0) is 0 Å². The SMILES string of the molecule is CCCCC[N+](CCC)(CCC)CCC. The fraction of sp³-hybridized carbons (Fsp3) is 1.00. The Morgan fingerprint density at radius 2 is 1.00 bits per heavy atom. The first-order valence-electron chi connectivity index (χ1n) is 7.09. The van der Waals surface area contributed by atoms with Gasteiger partial charge in [0, 0.05) is 0 Å². The number of hydrogen-bond donors (Lipinski definition) is 0. The second-order valence-corrected chi connectivity index (χ2v) is 4.94. The minimum Gasteiger partial charge on any atom is -0.324 e. The highest BCUT2D eigenvalue weighted by molar-refractivity contribution is 4.46. The molecule has 0 radical (unpaired) electrons. The smallest absolute Gasteiger partial charge is 0.0786 e. The van der Waals surface area contributed by atoms with Crippen LogP contribution in [0.4, 0.5) is 0 Å². The van der Waals surface area contributed by atoms with Crippen molar-refractivity contribution in [2.75, 3.05) is 26.2 Å². The molecule has 92 valence electrons. The van der Waals surface area contributed by atoms with Crippen LogP contribution in [0.3, 0.4) is 0 Å². The minimum absolute atomic E-state index is 1.34. The van der Waals surface area contributed by atoms with Crippen molar-refractivity contribution in [1.82, 2.24) is 0 Å². The molecule has 1 nitrogen and oxygen atoms in total. The van der Waals surface area contributed by atoms with E-state index >= 15 is 0 Å². The lowest BCUT2D eigenvalue weighted by atomic mass is 10.1. The van der Waals surface area contributed by atoms with Crippen LogP contribution in [0, 0.1) is 0 Å². The molecule has 0 heterocycles. The van der Waals surface area contributed by atoms with Crippen LogP contribution < -0.4 is 0 Å². The van der Waals surface area contributed by atoms with Gasteiger partial charge in [-0.15, -0.1) is 0 Å². The topological polar surface area (TPSA) is 0 Å². The molecule has 0 aromatic rings. The molecule has 0 amide bonds. The van der Waals surface area contributed by atoms with E-state index < -0.39 is 0 Å². The van der Waals surface area contributed by atoms with Gasteiger partial charge in [0.15, 0.2) is 0 Å². The summed E-state index contributed by atoms with van der Waals surface area (Å²) in [7, 11) is 0. The summed E-state index contributed by atoms with van der Waals surface area (Å²) in [6.45, 7) is 14.9. The van der Waals surface area contributed by atoms with E-state index in [1.54, 1.807) is 0 Å². The Bertz CT molecular complexity index is 114. The summed E-state index contributed by atoms with van der Waals surface area (Å²) in [5.41, 5.74) is 0. The molecule has 0 atom stereocenters.